The summed E-state index contributed by atoms with van der Waals surface area (Å²) in [5, 5.41) is 0. The van der Waals surface area contributed by atoms with Crippen LogP contribution in [0.3, 0.4) is 0 Å². The van der Waals surface area contributed by atoms with Crippen molar-refractivity contribution in [2.75, 3.05) is 0 Å². The molecule has 8 heavy (non-hydrogen) atoms. The van der Waals surface area contributed by atoms with Crippen LogP contribution in [0.15, 0.2) is 30.3 Å². The molecule has 0 aromatic heterocycles. The monoisotopic (exact) mass is 180 g/mol. The molecule has 0 atom stereocenters. The number of hydrogen-bond donors (Lipinski definition) is 0. The quantitative estimate of drug-likeness (QED) is 0.353. The van der Waals surface area contributed by atoms with Crippen molar-refractivity contribution in [3.8, 4) is 0 Å². The average molecular weight is 181 g/mol. The van der Waals surface area contributed by atoms with Crippen LogP contribution in [-0.2, 0) is 25.8 Å². The van der Waals surface area contributed by atoms with Crippen LogP contribution in [0.1, 0.15) is 0 Å². The standard InChI is InChI=1S/C5H5.2ClH.Sc/c1-2-4-5-3-1;;;/h1-5H;2*1H;/q-1;;;+3/p-2. The van der Waals surface area contributed by atoms with Crippen LogP contribution in [0.25, 0.3) is 0 Å². The Morgan fingerprint density at radius 3 is 1.38 bits per heavy atom. The molecule has 0 bridgehead atoms. The molecular formula is C5H5Cl2Sc. The third kappa shape index (κ3) is 6.80. The fraction of sp³-hybridized carbons (Fsp3) is 0. The van der Waals surface area contributed by atoms with Crippen LogP contribution in [0.4, 0.5) is 0 Å². The summed E-state index contributed by atoms with van der Waals surface area (Å²) in [5.41, 5.74) is 0. The van der Waals surface area contributed by atoms with Crippen LogP contribution in [0, 0.1) is 0 Å². The van der Waals surface area contributed by atoms with Crippen molar-refractivity contribution in [2.24, 2.45) is 0 Å². The van der Waals surface area contributed by atoms with E-state index in [0.717, 1.165) is 0 Å². The van der Waals surface area contributed by atoms with E-state index < -0.39 is 0 Å². The molecule has 0 unspecified atom stereocenters. The molecule has 0 saturated heterocycles. The van der Waals surface area contributed by atoms with Gasteiger partial charge in [-0.15, -0.1) is 0 Å². The molecule has 0 saturated carbocycles. The minimum absolute atomic E-state index is 0. The second kappa shape index (κ2) is 10.7. The van der Waals surface area contributed by atoms with E-state index in [-0.39, 0.29) is 50.7 Å². The van der Waals surface area contributed by atoms with Gasteiger partial charge in [0.2, 0.25) is 0 Å². The van der Waals surface area contributed by atoms with Crippen molar-refractivity contribution < 1.29 is 50.7 Å². The van der Waals surface area contributed by atoms with Gasteiger partial charge in [-0.25, -0.2) is 12.1 Å². The van der Waals surface area contributed by atoms with Gasteiger partial charge in [-0.05, 0) is 0 Å². The van der Waals surface area contributed by atoms with Gasteiger partial charge in [0, 0.05) is 0 Å². The Balaban J connectivity index is -0.0000000833. The van der Waals surface area contributed by atoms with E-state index in [9.17, 15) is 0 Å². The van der Waals surface area contributed by atoms with Gasteiger partial charge in [0.1, 0.15) is 0 Å². The van der Waals surface area contributed by atoms with Crippen molar-refractivity contribution in [1.29, 1.82) is 0 Å². The Bertz CT molecular complexity index is 66.9. The van der Waals surface area contributed by atoms with Crippen LogP contribution < -0.4 is 24.8 Å². The molecule has 0 aliphatic heterocycles. The molecule has 0 fully saturated rings. The van der Waals surface area contributed by atoms with Gasteiger partial charge in [0.05, 0.1) is 0 Å². The van der Waals surface area contributed by atoms with Gasteiger partial charge in [0.15, 0.2) is 0 Å². The van der Waals surface area contributed by atoms with Crippen molar-refractivity contribution >= 4 is 0 Å². The molecule has 0 aliphatic rings. The molecular weight excluding hydrogens is 176 g/mol. The third-order valence-corrected chi connectivity index (χ3v) is 0.556. The van der Waals surface area contributed by atoms with Gasteiger partial charge >= 0.3 is 25.8 Å². The van der Waals surface area contributed by atoms with Crippen molar-refractivity contribution in [3.63, 3.8) is 0 Å². The normalized spacial score (nSPS) is 5.00. The Morgan fingerprint density at radius 2 is 1.25 bits per heavy atom. The number of hydrogen-bond acceptors (Lipinski definition) is 0. The Labute approximate surface area is 80.6 Å². The zero-order chi connectivity index (χ0) is 3.54. The molecule has 3 heteroatoms. The minimum Gasteiger partial charge on any atom is -1.00 e. The van der Waals surface area contributed by atoms with Crippen LogP contribution in [0.5, 0.6) is 0 Å². The van der Waals surface area contributed by atoms with Crippen molar-refractivity contribution in [1.82, 2.24) is 0 Å². The SMILES string of the molecule is [Cl-].[Cl-].[Sc+3].c1cc[cH-]c1. The predicted molar refractivity (Wildman–Crippen MR) is 22.0 cm³/mol. The molecule has 0 aliphatic carbocycles. The Kier molecular flexibility index (Phi) is 21.3. The first-order valence-electron chi connectivity index (χ1n) is 1.67. The molecule has 0 spiro atoms. The van der Waals surface area contributed by atoms with E-state index in [1.54, 1.807) is 0 Å². The zero-order valence-electron chi connectivity index (χ0n) is 4.22. The largest absolute Gasteiger partial charge is 3.00 e. The van der Waals surface area contributed by atoms with Gasteiger partial charge in [-0.2, -0.15) is 18.2 Å². The van der Waals surface area contributed by atoms with E-state index in [1.807, 2.05) is 30.3 Å². The van der Waals surface area contributed by atoms with Gasteiger partial charge < -0.3 is 24.8 Å². The van der Waals surface area contributed by atoms with Crippen molar-refractivity contribution in [2.45, 2.75) is 0 Å². The van der Waals surface area contributed by atoms with E-state index in [4.69, 9.17) is 0 Å². The molecule has 42 valence electrons. The predicted octanol–water partition coefficient (Wildman–Crippen LogP) is -4.59. The summed E-state index contributed by atoms with van der Waals surface area (Å²) in [6.07, 6.45) is 0. The number of rotatable bonds is 0. The summed E-state index contributed by atoms with van der Waals surface area (Å²) >= 11 is 0. The fourth-order valence-electron chi connectivity index (χ4n) is 0.321. The Hall–Kier alpha value is 0.800. The average Bonchev–Trinajstić information content (AvgIpc) is 1.76. The van der Waals surface area contributed by atoms with Gasteiger partial charge in [-0.1, -0.05) is 0 Å². The zero-order valence-corrected chi connectivity index (χ0v) is 7.54. The summed E-state index contributed by atoms with van der Waals surface area (Å²) in [4.78, 5) is 0. The smallest absolute Gasteiger partial charge is 1.00 e. The molecule has 0 heterocycles. The summed E-state index contributed by atoms with van der Waals surface area (Å²) in [6.45, 7) is 0. The van der Waals surface area contributed by atoms with Gasteiger partial charge in [-0.3, -0.25) is 0 Å². The molecule has 0 nitrogen and oxygen atoms in total. The first kappa shape index (κ1) is 15.9. The van der Waals surface area contributed by atoms with Crippen molar-refractivity contribution in [3.05, 3.63) is 30.3 Å². The maximum atomic E-state index is 2.00. The first-order chi connectivity index (χ1) is 2.50. The van der Waals surface area contributed by atoms with Gasteiger partial charge in [0.25, 0.3) is 0 Å². The molecule has 0 amide bonds. The maximum absolute atomic E-state index is 2.00. The fourth-order valence-corrected chi connectivity index (χ4v) is 0.321. The van der Waals surface area contributed by atoms with E-state index >= 15 is 0 Å². The van der Waals surface area contributed by atoms with Crippen LogP contribution in [-0.4, -0.2) is 0 Å². The molecule has 1 rings (SSSR count). The number of halogens is 2. The first-order valence-corrected chi connectivity index (χ1v) is 1.67. The second-order valence-corrected chi connectivity index (χ2v) is 0.962. The second-order valence-electron chi connectivity index (χ2n) is 0.962. The third-order valence-electron chi connectivity index (χ3n) is 0.556. The molecule has 0 radical (unpaired) electrons. The summed E-state index contributed by atoms with van der Waals surface area (Å²) in [7, 11) is 0. The minimum atomic E-state index is 0. The molecule has 1 aromatic rings. The van der Waals surface area contributed by atoms with Crippen LogP contribution >= 0.6 is 0 Å². The maximum Gasteiger partial charge on any atom is 3.00 e. The topological polar surface area (TPSA) is 0 Å². The Morgan fingerprint density at radius 1 is 0.875 bits per heavy atom. The summed E-state index contributed by atoms with van der Waals surface area (Å²) < 4.78 is 0. The summed E-state index contributed by atoms with van der Waals surface area (Å²) in [5.74, 6) is 0. The molecule has 0 N–H and O–H groups in total. The van der Waals surface area contributed by atoms with E-state index in [2.05, 4.69) is 0 Å². The van der Waals surface area contributed by atoms with Crippen LogP contribution in [0.2, 0.25) is 0 Å². The van der Waals surface area contributed by atoms with E-state index in [1.165, 1.54) is 0 Å². The van der Waals surface area contributed by atoms with E-state index in [0.29, 0.717) is 0 Å². The summed E-state index contributed by atoms with van der Waals surface area (Å²) in [6, 6.07) is 10.0. The molecule has 1 aromatic carbocycles.